The van der Waals surface area contributed by atoms with E-state index in [-0.39, 0.29) is 0 Å². The number of nitriles is 1. The number of nitrogens with zero attached hydrogens (tertiary/aromatic N) is 1. The van der Waals surface area contributed by atoms with Crippen LogP contribution in [0.25, 0.3) is 0 Å². The minimum atomic E-state index is -5.52. The van der Waals surface area contributed by atoms with Crippen molar-refractivity contribution in [2.75, 3.05) is 6.61 Å². The lowest BCUT2D eigenvalue weighted by Crippen LogP contribution is -2.25. The Kier molecular flexibility index (Phi) is 3.48. The summed E-state index contributed by atoms with van der Waals surface area (Å²) >= 11 is 0. The standard InChI is InChI=1S/C4H4F3NO3S/c5-4(6,7)12(9,10)11-3-1-2-8/h1,3H2. The summed E-state index contributed by atoms with van der Waals surface area (Å²) in [6.07, 6.45) is -0.407. The van der Waals surface area contributed by atoms with Gasteiger partial charge in [0.05, 0.1) is 19.1 Å². The van der Waals surface area contributed by atoms with E-state index in [0.717, 1.165) is 0 Å². The van der Waals surface area contributed by atoms with Crippen molar-refractivity contribution in [1.82, 2.24) is 0 Å². The molecule has 4 nitrogen and oxygen atoms in total. The quantitative estimate of drug-likeness (QED) is 0.386. The van der Waals surface area contributed by atoms with Gasteiger partial charge in [0.15, 0.2) is 0 Å². The molecule has 12 heavy (non-hydrogen) atoms. The molecule has 0 radical (unpaired) electrons. The van der Waals surface area contributed by atoms with Gasteiger partial charge in [-0.15, -0.1) is 0 Å². The first-order chi connectivity index (χ1) is 5.31. The fourth-order valence-electron chi connectivity index (χ4n) is 0.264. The third-order valence-corrected chi connectivity index (χ3v) is 1.78. The molecular weight excluding hydrogens is 199 g/mol. The van der Waals surface area contributed by atoms with E-state index in [1.54, 1.807) is 0 Å². The molecule has 0 unspecified atom stereocenters. The maximum absolute atomic E-state index is 11.5. The zero-order valence-corrected chi connectivity index (χ0v) is 6.44. The van der Waals surface area contributed by atoms with Crippen molar-refractivity contribution in [1.29, 1.82) is 5.26 Å². The maximum Gasteiger partial charge on any atom is 0.523 e. The summed E-state index contributed by atoms with van der Waals surface area (Å²) in [6, 6.07) is 1.43. The van der Waals surface area contributed by atoms with Crippen molar-refractivity contribution in [2.24, 2.45) is 0 Å². The summed E-state index contributed by atoms with van der Waals surface area (Å²) in [6.45, 7) is -0.779. The Bertz CT molecular complexity index is 275. The highest BCUT2D eigenvalue weighted by atomic mass is 32.2. The smallest absolute Gasteiger partial charge is 0.262 e. The molecule has 0 rings (SSSR count). The van der Waals surface area contributed by atoms with Gasteiger partial charge < -0.3 is 0 Å². The SMILES string of the molecule is N#CCCOS(=O)(=O)C(F)(F)F. The molecule has 0 heterocycles. The molecule has 0 aromatic carbocycles. The van der Waals surface area contributed by atoms with E-state index in [1.165, 1.54) is 6.07 Å². The zero-order valence-electron chi connectivity index (χ0n) is 5.63. The average Bonchev–Trinajstić information content (AvgIpc) is 1.85. The monoisotopic (exact) mass is 203 g/mol. The van der Waals surface area contributed by atoms with Crippen LogP contribution in [0.3, 0.4) is 0 Å². The first-order valence-corrected chi connectivity index (χ1v) is 4.05. The molecule has 0 aromatic rings. The van der Waals surface area contributed by atoms with Crippen LogP contribution in [0.4, 0.5) is 13.2 Å². The van der Waals surface area contributed by atoms with Crippen LogP contribution in [0.1, 0.15) is 6.42 Å². The normalized spacial score (nSPS) is 12.5. The highest BCUT2D eigenvalue weighted by Crippen LogP contribution is 2.24. The number of rotatable bonds is 3. The van der Waals surface area contributed by atoms with E-state index < -0.39 is 28.7 Å². The van der Waals surface area contributed by atoms with Gasteiger partial charge in [-0.05, 0) is 0 Å². The van der Waals surface area contributed by atoms with E-state index >= 15 is 0 Å². The molecule has 0 aromatic heterocycles. The highest BCUT2D eigenvalue weighted by molar-refractivity contribution is 7.87. The van der Waals surface area contributed by atoms with Gasteiger partial charge in [-0.3, -0.25) is 4.18 Å². The Hall–Kier alpha value is -0.810. The third kappa shape index (κ3) is 3.06. The summed E-state index contributed by atoms with van der Waals surface area (Å²) in [5, 5.41) is 7.86. The van der Waals surface area contributed by atoms with Crippen LogP contribution in [-0.4, -0.2) is 20.5 Å². The molecule has 0 amide bonds. The molecule has 8 heteroatoms. The molecule has 70 valence electrons. The van der Waals surface area contributed by atoms with Crippen molar-refractivity contribution in [3.63, 3.8) is 0 Å². The number of halogens is 3. The van der Waals surface area contributed by atoms with E-state index in [0.29, 0.717) is 0 Å². The highest BCUT2D eigenvalue weighted by Gasteiger charge is 2.47. The maximum atomic E-state index is 11.5. The van der Waals surface area contributed by atoms with Gasteiger partial charge >= 0.3 is 15.6 Å². The van der Waals surface area contributed by atoms with Crippen molar-refractivity contribution >= 4 is 10.1 Å². The lowest BCUT2D eigenvalue weighted by molar-refractivity contribution is -0.0540. The van der Waals surface area contributed by atoms with Crippen LogP contribution in [0.15, 0.2) is 0 Å². The van der Waals surface area contributed by atoms with Crippen LogP contribution in [0, 0.1) is 11.3 Å². The molecule has 0 spiro atoms. The fraction of sp³-hybridized carbons (Fsp3) is 0.750. The van der Waals surface area contributed by atoms with E-state index in [9.17, 15) is 21.6 Å². The molecule has 0 aliphatic rings. The van der Waals surface area contributed by atoms with Crippen LogP contribution >= 0.6 is 0 Å². The molecule has 0 aliphatic carbocycles. The topological polar surface area (TPSA) is 67.2 Å². The Morgan fingerprint density at radius 1 is 1.42 bits per heavy atom. The molecular formula is C4H4F3NO3S. The second kappa shape index (κ2) is 3.73. The van der Waals surface area contributed by atoms with Crippen LogP contribution < -0.4 is 0 Å². The third-order valence-electron chi connectivity index (χ3n) is 0.736. The molecule has 0 fully saturated rings. The second-order valence-corrected chi connectivity index (χ2v) is 3.24. The Morgan fingerprint density at radius 3 is 2.25 bits per heavy atom. The minimum absolute atomic E-state index is 0.407. The van der Waals surface area contributed by atoms with Crippen molar-refractivity contribution < 1.29 is 25.8 Å². The Morgan fingerprint density at radius 2 is 1.92 bits per heavy atom. The lowest BCUT2D eigenvalue weighted by atomic mass is 10.5. The number of hydrogen-bond acceptors (Lipinski definition) is 4. The van der Waals surface area contributed by atoms with E-state index in [2.05, 4.69) is 4.18 Å². The Labute approximate surface area is 66.7 Å². The van der Waals surface area contributed by atoms with E-state index in [1.807, 2.05) is 0 Å². The average molecular weight is 203 g/mol. The Balaban J connectivity index is 4.19. The van der Waals surface area contributed by atoms with Gasteiger partial charge in [0.2, 0.25) is 0 Å². The van der Waals surface area contributed by atoms with E-state index in [4.69, 9.17) is 5.26 Å². The number of alkyl halides is 3. The molecule has 0 bridgehead atoms. The summed E-state index contributed by atoms with van der Waals surface area (Å²) in [7, 11) is -5.52. The van der Waals surface area contributed by atoms with Gasteiger partial charge in [0, 0.05) is 0 Å². The summed E-state index contributed by atoms with van der Waals surface area (Å²) < 4.78 is 58.0. The van der Waals surface area contributed by atoms with Gasteiger partial charge in [-0.2, -0.15) is 26.9 Å². The first-order valence-electron chi connectivity index (χ1n) is 2.64. The van der Waals surface area contributed by atoms with Gasteiger partial charge in [-0.1, -0.05) is 0 Å². The number of hydrogen-bond donors (Lipinski definition) is 0. The van der Waals surface area contributed by atoms with Gasteiger partial charge in [0.25, 0.3) is 0 Å². The summed E-state index contributed by atoms with van der Waals surface area (Å²) in [4.78, 5) is 0. The fourth-order valence-corrected chi connectivity index (χ4v) is 0.700. The van der Waals surface area contributed by atoms with Crippen LogP contribution in [0.2, 0.25) is 0 Å². The van der Waals surface area contributed by atoms with Crippen molar-refractivity contribution in [3.05, 3.63) is 0 Å². The largest absolute Gasteiger partial charge is 0.523 e. The minimum Gasteiger partial charge on any atom is -0.262 e. The second-order valence-electron chi connectivity index (χ2n) is 1.63. The molecule has 0 saturated carbocycles. The summed E-state index contributed by atoms with van der Waals surface area (Å²) in [5.41, 5.74) is -5.41. The molecule has 0 atom stereocenters. The molecule has 0 N–H and O–H groups in total. The van der Waals surface area contributed by atoms with Crippen molar-refractivity contribution in [3.8, 4) is 6.07 Å². The van der Waals surface area contributed by atoms with Crippen LogP contribution in [0.5, 0.6) is 0 Å². The summed E-state index contributed by atoms with van der Waals surface area (Å²) in [5.74, 6) is 0. The van der Waals surface area contributed by atoms with Crippen molar-refractivity contribution in [2.45, 2.75) is 11.9 Å². The molecule has 0 aliphatic heterocycles. The molecule has 0 saturated heterocycles. The predicted octanol–water partition coefficient (Wildman–Crippen LogP) is 0.766. The lowest BCUT2D eigenvalue weighted by Gasteiger charge is -2.05. The predicted molar refractivity (Wildman–Crippen MR) is 31.2 cm³/mol. The first kappa shape index (κ1) is 11.2. The van der Waals surface area contributed by atoms with Gasteiger partial charge in [0.1, 0.15) is 0 Å². The zero-order chi connectivity index (χ0) is 9.83. The van der Waals surface area contributed by atoms with Crippen LogP contribution in [-0.2, 0) is 14.3 Å². The van der Waals surface area contributed by atoms with Gasteiger partial charge in [-0.25, -0.2) is 0 Å².